The number of alkyl halides is 1. The highest BCUT2D eigenvalue weighted by atomic mass is 35.5. The monoisotopic (exact) mass is 304 g/mol. The highest BCUT2D eigenvalue weighted by Gasteiger charge is 2.28. The van der Waals surface area contributed by atoms with Crippen molar-refractivity contribution in [1.82, 2.24) is 9.55 Å². The summed E-state index contributed by atoms with van der Waals surface area (Å²) in [7, 11) is 0. The molecule has 1 heterocycles. The summed E-state index contributed by atoms with van der Waals surface area (Å²) >= 11 is 6.21. The van der Waals surface area contributed by atoms with E-state index in [2.05, 4.69) is 11.1 Å². The van der Waals surface area contributed by atoms with Crippen LogP contribution in [0.2, 0.25) is 0 Å². The van der Waals surface area contributed by atoms with Gasteiger partial charge in [0.15, 0.2) is 0 Å². The molecule has 0 aliphatic rings. The average Bonchev–Trinajstić information content (AvgIpc) is 2.77. The number of carbonyl (C=O) groups excluding carboxylic acids is 1. The molecule has 2 N–H and O–H groups in total. The maximum absolute atomic E-state index is 11.9. The Labute approximate surface area is 128 Å². The quantitative estimate of drug-likeness (QED) is 0.881. The summed E-state index contributed by atoms with van der Waals surface area (Å²) in [5, 5.41) is 8.69. The molecule has 1 aromatic heterocycles. The molecule has 0 fully saturated rings. The Morgan fingerprint density at radius 3 is 2.57 bits per heavy atom. The zero-order valence-electron chi connectivity index (χ0n) is 12.2. The molecule has 2 rings (SSSR count). The zero-order chi connectivity index (χ0) is 15.7. The number of imidazole rings is 1. The van der Waals surface area contributed by atoms with E-state index in [-0.39, 0.29) is 11.3 Å². The first-order valence-electron chi connectivity index (χ1n) is 6.72. The van der Waals surface area contributed by atoms with Crippen LogP contribution in [0.25, 0.3) is 11.0 Å². The van der Waals surface area contributed by atoms with Gasteiger partial charge >= 0.3 is 0 Å². The van der Waals surface area contributed by atoms with Crippen LogP contribution in [0.5, 0.6) is 0 Å². The van der Waals surface area contributed by atoms with Gasteiger partial charge < -0.3 is 10.3 Å². The number of halogens is 1. The molecular formula is C15H17ClN4O. The summed E-state index contributed by atoms with van der Waals surface area (Å²) < 4.78 is 1.76. The third-order valence-electron chi connectivity index (χ3n) is 3.40. The molecular weight excluding hydrogens is 288 g/mol. The number of carbonyl (C=O) groups is 1. The molecule has 110 valence electrons. The molecule has 2 unspecified atom stereocenters. The average molecular weight is 305 g/mol. The first-order chi connectivity index (χ1) is 9.86. The van der Waals surface area contributed by atoms with E-state index in [9.17, 15) is 4.79 Å². The number of amides is 1. The summed E-state index contributed by atoms with van der Waals surface area (Å²) in [5.41, 5.74) is 7.47. The van der Waals surface area contributed by atoms with E-state index >= 15 is 0 Å². The predicted molar refractivity (Wildman–Crippen MR) is 81.8 cm³/mol. The van der Waals surface area contributed by atoms with Gasteiger partial charge in [0.1, 0.15) is 11.9 Å². The maximum atomic E-state index is 11.9. The molecule has 0 aliphatic heterocycles. The van der Waals surface area contributed by atoms with Gasteiger partial charge in [0.2, 0.25) is 5.91 Å². The van der Waals surface area contributed by atoms with Crippen molar-refractivity contribution >= 4 is 28.5 Å². The van der Waals surface area contributed by atoms with Crippen molar-refractivity contribution in [3.05, 3.63) is 29.6 Å². The SMILES string of the molecule is CC(Cl)c1nc2ccc(C#N)cc2n1C(C(N)=O)C(C)C. The van der Waals surface area contributed by atoms with Crippen LogP contribution < -0.4 is 5.73 Å². The number of rotatable bonds is 4. The number of nitriles is 1. The van der Waals surface area contributed by atoms with Crippen LogP contribution in [0.1, 0.15) is 43.6 Å². The minimum atomic E-state index is -0.555. The van der Waals surface area contributed by atoms with Crippen LogP contribution in [0.4, 0.5) is 0 Å². The van der Waals surface area contributed by atoms with Crippen molar-refractivity contribution in [2.24, 2.45) is 11.7 Å². The molecule has 2 atom stereocenters. The highest BCUT2D eigenvalue weighted by Crippen LogP contribution is 2.31. The molecule has 0 spiro atoms. The van der Waals surface area contributed by atoms with Gasteiger partial charge in [0.05, 0.1) is 28.0 Å². The lowest BCUT2D eigenvalue weighted by Gasteiger charge is -2.23. The number of nitrogens with zero attached hydrogens (tertiary/aromatic N) is 3. The van der Waals surface area contributed by atoms with Crippen molar-refractivity contribution in [2.75, 3.05) is 0 Å². The van der Waals surface area contributed by atoms with Gasteiger partial charge in [0.25, 0.3) is 0 Å². The Balaban J connectivity index is 2.82. The lowest BCUT2D eigenvalue weighted by atomic mass is 10.0. The molecule has 1 aromatic carbocycles. The number of hydrogen-bond donors (Lipinski definition) is 1. The second kappa shape index (κ2) is 5.74. The van der Waals surface area contributed by atoms with Crippen LogP contribution in [-0.2, 0) is 4.79 Å². The fraction of sp³-hybridized carbons (Fsp3) is 0.400. The number of nitrogens with two attached hydrogens (primary N) is 1. The molecule has 0 bridgehead atoms. The first-order valence-corrected chi connectivity index (χ1v) is 7.15. The second-order valence-corrected chi connectivity index (χ2v) is 6.02. The normalized spacial score (nSPS) is 14.1. The first kappa shape index (κ1) is 15.3. The molecule has 0 saturated carbocycles. The van der Waals surface area contributed by atoms with Crippen LogP contribution >= 0.6 is 11.6 Å². The summed E-state index contributed by atoms with van der Waals surface area (Å²) in [5.74, 6) is 0.129. The Morgan fingerprint density at radius 2 is 2.10 bits per heavy atom. The molecule has 6 heteroatoms. The summed E-state index contributed by atoms with van der Waals surface area (Å²) in [6.07, 6.45) is 0. The molecule has 0 radical (unpaired) electrons. The van der Waals surface area contributed by atoms with Crippen molar-refractivity contribution in [1.29, 1.82) is 5.26 Å². The number of benzene rings is 1. The van der Waals surface area contributed by atoms with Gasteiger partial charge in [-0.3, -0.25) is 4.79 Å². The largest absolute Gasteiger partial charge is 0.368 e. The Hall–Kier alpha value is -2.06. The van der Waals surface area contributed by atoms with Gasteiger partial charge in [-0.2, -0.15) is 5.26 Å². The predicted octanol–water partition coefficient (Wildman–Crippen LogP) is 2.89. The van der Waals surface area contributed by atoms with Gasteiger partial charge in [-0.05, 0) is 31.0 Å². The smallest absolute Gasteiger partial charge is 0.240 e. The fourth-order valence-corrected chi connectivity index (χ4v) is 2.66. The lowest BCUT2D eigenvalue weighted by molar-refractivity contribution is -0.122. The minimum absolute atomic E-state index is 0.0141. The van der Waals surface area contributed by atoms with Crippen LogP contribution in [-0.4, -0.2) is 15.5 Å². The Morgan fingerprint density at radius 1 is 1.43 bits per heavy atom. The third-order valence-corrected chi connectivity index (χ3v) is 3.60. The van der Waals surface area contributed by atoms with Gasteiger partial charge in [0, 0.05) is 0 Å². The van der Waals surface area contributed by atoms with Crippen LogP contribution in [0, 0.1) is 17.2 Å². The van der Waals surface area contributed by atoms with Crippen LogP contribution in [0.15, 0.2) is 18.2 Å². The zero-order valence-corrected chi connectivity index (χ0v) is 12.9. The van der Waals surface area contributed by atoms with E-state index in [1.54, 1.807) is 29.7 Å². The van der Waals surface area contributed by atoms with Crippen molar-refractivity contribution < 1.29 is 4.79 Å². The molecule has 0 aliphatic carbocycles. The van der Waals surface area contributed by atoms with Gasteiger partial charge in [-0.15, -0.1) is 11.6 Å². The molecule has 2 aromatic rings. The van der Waals surface area contributed by atoms with E-state index in [1.807, 2.05) is 13.8 Å². The highest BCUT2D eigenvalue weighted by molar-refractivity contribution is 6.20. The molecule has 0 saturated heterocycles. The van der Waals surface area contributed by atoms with Crippen molar-refractivity contribution in [3.63, 3.8) is 0 Å². The van der Waals surface area contributed by atoms with E-state index in [0.717, 1.165) is 0 Å². The maximum Gasteiger partial charge on any atom is 0.240 e. The van der Waals surface area contributed by atoms with Gasteiger partial charge in [-0.25, -0.2) is 4.98 Å². The number of primary amides is 1. The van der Waals surface area contributed by atoms with Crippen molar-refractivity contribution in [2.45, 2.75) is 32.2 Å². The Bertz CT molecular complexity index is 727. The van der Waals surface area contributed by atoms with E-state index in [1.165, 1.54) is 0 Å². The summed E-state index contributed by atoms with van der Waals surface area (Å²) in [4.78, 5) is 16.4. The number of hydrogen-bond acceptors (Lipinski definition) is 3. The lowest BCUT2D eigenvalue weighted by Crippen LogP contribution is -2.31. The van der Waals surface area contributed by atoms with E-state index in [4.69, 9.17) is 22.6 Å². The van der Waals surface area contributed by atoms with Gasteiger partial charge in [-0.1, -0.05) is 13.8 Å². The second-order valence-electron chi connectivity index (χ2n) is 5.36. The minimum Gasteiger partial charge on any atom is -0.368 e. The topological polar surface area (TPSA) is 84.7 Å². The molecule has 5 nitrogen and oxygen atoms in total. The molecule has 1 amide bonds. The Kier molecular flexibility index (Phi) is 4.19. The van der Waals surface area contributed by atoms with E-state index in [0.29, 0.717) is 22.4 Å². The number of fused-ring (bicyclic) bond motifs is 1. The fourth-order valence-electron chi connectivity index (χ4n) is 2.51. The summed E-state index contributed by atoms with van der Waals surface area (Å²) in [6, 6.07) is 6.70. The van der Waals surface area contributed by atoms with E-state index < -0.39 is 11.9 Å². The van der Waals surface area contributed by atoms with Crippen LogP contribution in [0.3, 0.4) is 0 Å². The molecule has 21 heavy (non-hydrogen) atoms. The number of aromatic nitrogens is 2. The standard InChI is InChI=1S/C15H17ClN4O/c1-8(2)13(14(18)21)20-12-6-10(7-17)4-5-11(12)19-15(20)9(3)16/h4-6,8-9,13H,1-3H3,(H2,18,21). The third kappa shape index (κ3) is 2.72. The van der Waals surface area contributed by atoms with Crippen molar-refractivity contribution in [3.8, 4) is 6.07 Å². The summed E-state index contributed by atoms with van der Waals surface area (Å²) in [6.45, 7) is 5.62.